The Balaban J connectivity index is 1.98. The Morgan fingerprint density at radius 2 is 2.21 bits per heavy atom. The standard InChI is InChI=1S/C11H16N2O/c1-2-5-13-11(14)9-7-3-4-8(6-7)10(9)12/h1,7-10H,3-6,12H2,(H,13,14)/t7?,8?,9-,10+/m1/s1. The summed E-state index contributed by atoms with van der Waals surface area (Å²) in [5.74, 6) is 3.56. The molecule has 0 saturated heterocycles. The molecule has 3 N–H and O–H groups in total. The van der Waals surface area contributed by atoms with Gasteiger partial charge >= 0.3 is 0 Å². The molecule has 76 valence electrons. The second-order valence-electron chi connectivity index (χ2n) is 4.36. The maximum atomic E-state index is 11.7. The fraction of sp³-hybridized carbons (Fsp3) is 0.727. The highest BCUT2D eigenvalue weighted by Crippen LogP contribution is 2.47. The van der Waals surface area contributed by atoms with E-state index < -0.39 is 0 Å². The van der Waals surface area contributed by atoms with Crippen LogP contribution in [-0.2, 0) is 4.79 Å². The molecule has 0 aromatic rings. The number of rotatable bonds is 2. The van der Waals surface area contributed by atoms with Crippen LogP contribution in [0.5, 0.6) is 0 Å². The number of hydrogen-bond donors (Lipinski definition) is 2. The zero-order valence-electron chi connectivity index (χ0n) is 8.20. The molecule has 14 heavy (non-hydrogen) atoms. The normalized spacial score (nSPS) is 39.4. The summed E-state index contributed by atoms with van der Waals surface area (Å²) in [5.41, 5.74) is 6.02. The quantitative estimate of drug-likeness (QED) is 0.610. The Labute approximate surface area is 84.4 Å². The van der Waals surface area contributed by atoms with E-state index in [0.29, 0.717) is 18.4 Å². The fourth-order valence-corrected chi connectivity index (χ4v) is 2.98. The lowest BCUT2D eigenvalue weighted by Crippen LogP contribution is -2.45. The number of carbonyl (C=O) groups excluding carboxylic acids is 1. The zero-order chi connectivity index (χ0) is 10.1. The third kappa shape index (κ3) is 1.40. The molecule has 2 unspecified atom stereocenters. The van der Waals surface area contributed by atoms with Gasteiger partial charge in [0.25, 0.3) is 0 Å². The van der Waals surface area contributed by atoms with Crippen molar-refractivity contribution in [2.75, 3.05) is 6.54 Å². The van der Waals surface area contributed by atoms with Crippen LogP contribution >= 0.6 is 0 Å². The summed E-state index contributed by atoms with van der Waals surface area (Å²) >= 11 is 0. The third-order valence-corrected chi connectivity index (χ3v) is 3.65. The lowest BCUT2D eigenvalue weighted by atomic mass is 9.84. The maximum Gasteiger partial charge on any atom is 0.225 e. The molecule has 2 aliphatic rings. The van der Waals surface area contributed by atoms with Gasteiger partial charge in [-0.1, -0.05) is 5.92 Å². The number of amides is 1. The first-order valence-electron chi connectivity index (χ1n) is 5.20. The molecular formula is C11H16N2O. The zero-order valence-corrected chi connectivity index (χ0v) is 8.20. The van der Waals surface area contributed by atoms with Crippen LogP contribution in [0, 0.1) is 30.1 Å². The van der Waals surface area contributed by atoms with E-state index in [0.717, 1.165) is 12.8 Å². The van der Waals surface area contributed by atoms with Crippen LogP contribution in [0.3, 0.4) is 0 Å². The molecule has 2 bridgehead atoms. The number of nitrogens with two attached hydrogens (primary N) is 1. The summed E-state index contributed by atoms with van der Waals surface area (Å²) in [7, 11) is 0. The predicted molar refractivity (Wildman–Crippen MR) is 54.1 cm³/mol. The minimum absolute atomic E-state index is 0.0158. The Morgan fingerprint density at radius 1 is 1.50 bits per heavy atom. The first-order chi connectivity index (χ1) is 6.74. The summed E-state index contributed by atoms with van der Waals surface area (Å²) in [6.07, 6.45) is 8.58. The van der Waals surface area contributed by atoms with Crippen molar-refractivity contribution in [1.82, 2.24) is 5.32 Å². The molecule has 0 aliphatic heterocycles. The molecule has 3 heteroatoms. The van der Waals surface area contributed by atoms with Crippen molar-refractivity contribution in [1.29, 1.82) is 0 Å². The molecule has 2 fully saturated rings. The summed E-state index contributed by atoms with van der Waals surface area (Å²) < 4.78 is 0. The summed E-state index contributed by atoms with van der Waals surface area (Å²) in [5, 5.41) is 2.73. The predicted octanol–water partition coefficient (Wildman–Crippen LogP) is 0.109. The van der Waals surface area contributed by atoms with E-state index >= 15 is 0 Å². The second-order valence-corrected chi connectivity index (χ2v) is 4.36. The minimum atomic E-state index is 0.0158. The van der Waals surface area contributed by atoms with Crippen molar-refractivity contribution in [3.63, 3.8) is 0 Å². The van der Waals surface area contributed by atoms with E-state index in [4.69, 9.17) is 12.2 Å². The van der Waals surface area contributed by atoms with Gasteiger partial charge in [-0.15, -0.1) is 6.42 Å². The van der Waals surface area contributed by atoms with Crippen LogP contribution < -0.4 is 11.1 Å². The highest BCUT2D eigenvalue weighted by molar-refractivity contribution is 5.80. The molecule has 2 rings (SSSR count). The van der Waals surface area contributed by atoms with Gasteiger partial charge in [-0.25, -0.2) is 0 Å². The molecule has 3 nitrogen and oxygen atoms in total. The highest BCUT2D eigenvalue weighted by atomic mass is 16.1. The van der Waals surface area contributed by atoms with Gasteiger partial charge in [0.15, 0.2) is 0 Å². The number of carbonyl (C=O) groups is 1. The van der Waals surface area contributed by atoms with E-state index in [1.165, 1.54) is 6.42 Å². The summed E-state index contributed by atoms with van der Waals surface area (Å²) in [6.45, 7) is 0.319. The summed E-state index contributed by atoms with van der Waals surface area (Å²) in [4.78, 5) is 11.7. The largest absolute Gasteiger partial charge is 0.345 e. The number of hydrogen-bond acceptors (Lipinski definition) is 2. The average molecular weight is 192 g/mol. The molecule has 0 spiro atoms. The van der Waals surface area contributed by atoms with Crippen LogP contribution in [0.2, 0.25) is 0 Å². The molecule has 4 atom stereocenters. The van der Waals surface area contributed by atoms with Crippen molar-refractivity contribution < 1.29 is 4.79 Å². The lowest BCUT2D eigenvalue weighted by molar-refractivity contribution is -0.126. The van der Waals surface area contributed by atoms with E-state index in [1.807, 2.05) is 0 Å². The molecule has 0 aromatic carbocycles. The van der Waals surface area contributed by atoms with E-state index in [2.05, 4.69) is 11.2 Å². The van der Waals surface area contributed by atoms with Crippen molar-refractivity contribution in [2.45, 2.75) is 25.3 Å². The van der Waals surface area contributed by atoms with Crippen molar-refractivity contribution in [3.05, 3.63) is 0 Å². The minimum Gasteiger partial charge on any atom is -0.345 e. The monoisotopic (exact) mass is 192 g/mol. The highest BCUT2D eigenvalue weighted by Gasteiger charge is 2.48. The van der Waals surface area contributed by atoms with E-state index in [-0.39, 0.29) is 17.9 Å². The first kappa shape index (κ1) is 9.54. The molecule has 0 heterocycles. The van der Waals surface area contributed by atoms with Crippen LogP contribution in [0.4, 0.5) is 0 Å². The van der Waals surface area contributed by atoms with Gasteiger partial charge < -0.3 is 11.1 Å². The maximum absolute atomic E-state index is 11.7. The Hall–Kier alpha value is -1.01. The van der Waals surface area contributed by atoms with Gasteiger partial charge in [-0.2, -0.15) is 0 Å². The van der Waals surface area contributed by atoms with E-state index in [1.54, 1.807) is 0 Å². The van der Waals surface area contributed by atoms with Crippen LogP contribution in [-0.4, -0.2) is 18.5 Å². The molecule has 2 saturated carbocycles. The number of fused-ring (bicyclic) bond motifs is 2. The molecule has 2 aliphatic carbocycles. The smallest absolute Gasteiger partial charge is 0.225 e. The van der Waals surface area contributed by atoms with Crippen LogP contribution in [0.25, 0.3) is 0 Å². The number of terminal acetylenes is 1. The van der Waals surface area contributed by atoms with Crippen LogP contribution in [0.15, 0.2) is 0 Å². The third-order valence-electron chi connectivity index (χ3n) is 3.65. The lowest BCUT2D eigenvalue weighted by Gasteiger charge is -2.26. The SMILES string of the molecule is C#CCNC(=O)[C@@H]1C2CCC(C2)[C@@H]1N. The Morgan fingerprint density at radius 3 is 2.79 bits per heavy atom. The van der Waals surface area contributed by atoms with Crippen molar-refractivity contribution in [2.24, 2.45) is 23.5 Å². The first-order valence-corrected chi connectivity index (χ1v) is 5.20. The van der Waals surface area contributed by atoms with Gasteiger partial charge in [0.2, 0.25) is 5.91 Å². The van der Waals surface area contributed by atoms with Gasteiger partial charge in [0, 0.05) is 6.04 Å². The fourth-order valence-electron chi connectivity index (χ4n) is 2.98. The second kappa shape index (κ2) is 3.62. The molecule has 0 radical (unpaired) electrons. The Bertz CT molecular complexity index is 280. The van der Waals surface area contributed by atoms with E-state index in [9.17, 15) is 4.79 Å². The number of nitrogens with one attached hydrogen (secondary N) is 1. The molecule has 0 aromatic heterocycles. The summed E-state index contributed by atoms with van der Waals surface area (Å²) in [6, 6.07) is 0.0616. The molecular weight excluding hydrogens is 176 g/mol. The average Bonchev–Trinajstić information content (AvgIpc) is 2.74. The topological polar surface area (TPSA) is 55.1 Å². The van der Waals surface area contributed by atoms with Gasteiger partial charge in [0.1, 0.15) is 0 Å². The van der Waals surface area contributed by atoms with Gasteiger partial charge in [-0.05, 0) is 31.1 Å². The van der Waals surface area contributed by atoms with Crippen molar-refractivity contribution >= 4 is 5.91 Å². The Kier molecular flexibility index (Phi) is 2.47. The van der Waals surface area contributed by atoms with Crippen LogP contribution in [0.1, 0.15) is 19.3 Å². The van der Waals surface area contributed by atoms with Gasteiger partial charge in [0.05, 0.1) is 12.5 Å². The van der Waals surface area contributed by atoms with Crippen molar-refractivity contribution in [3.8, 4) is 12.3 Å². The molecule has 1 amide bonds. The van der Waals surface area contributed by atoms with Gasteiger partial charge in [-0.3, -0.25) is 4.79 Å².